The van der Waals surface area contributed by atoms with Crippen molar-refractivity contribution in [1.29, 1.82) is 0 Å². The molecule has 2 unspecified atom stereocenters. The minimum atomic E-state index is -0.809. The van der Waals surface area contributed by atoms with Gasteiger partial charge in [-0.25, -0.2) is 0 Å². The van der Waals surface area contributed by atoms with Crippen molar-refractivity contribution in [3.8, 4) is 11.5 Å². The third kappa shape index (κ3) is 2.60. The van der Waals surface area contributed by atoms with Gasteiger partial charge in [-0.3, -0.25) is 9.59 Å². The van der Waals surface area contributed by atoms with Gasteiger partial charge in [-0.2, -0.15) is 0 Å². The molecule has 6 heteroatoms. The lowest BCUT2D eigenvalue weighted by Gasteiger charge is -2.16. The predicted octanol–water partition coefficient (Wildman–Crippen LogP) is 1.25. The van der Waals surface area contributed by atoms with Gasteiger partial charge in [-0.1, -0.05) is 0 Å². The largest absolute Gasteiger partial charge is 0.493 e. The third-order valence-electron chi connectivity index (χ3n) is 3.54. The van der Waals surface area contributed by atoms with E-state index in [0.717, 1.165) is 5.56 Å². The van der Waals surface area contributed by atoms with E-state index in [-0.39, 0.29) is 6.04 Å². The smallest absolute Gasteiger partial charge is 0.307 e. The lowest BCUT2D eigenvalue weighted by Crippen LogP contribution is -2.17. The summed E-state index contributed by atoms with van der Waals surface area (Å²) in [6.07, 6.45) is 1.19. The minimum absolute atomic E-state index is 0.102. The fraction of sp³-hybridized carbons (Fsp3) is 0.429. The van der Waals surface area contributed by atoms with E-state index in [1.807, 2.05) is 0 Å². The molecule has 0 bridgehead atoms. The molecular formula is C14H17NO5. The normalized spacial score (nSPS) is 21.5. The molecule has 2 atom stereocenters. The number of hydrogen-bond donors (Lipinski definition) is 2. The summed E-state index contributed by atoms with van der Waals surface area (Å²) in [5.41, 5.74) is 1.22. The first-order chi connectivity index (χ1) is 9.60. The van der Waals surface area contributed by atoms with E-state index >= 15 is 0 Å². The van der Waals surface area contributed by atoms with E-state index in [1.54, 1.807) is 12.1 Å². The second-order valence-electron chi connectivity index (χ2n) is 4.70. The molecule has 1 saturated heterocycles. The standard InChI is InChI=1S/C14H17NO5/c1-19-12-5-8(3-10(7-16)13(12)20-2)11-4-9(6-15-11)14(17)18/h3,5,7,9,11,15H,4,6H2,1-2H3,(H,17,18). The Bertz CT molecular complexity index is 529. The van der Waals surface area contributed by atoms with Crippen LogP contribution in [0.5, 0.6) is 11.5 Å². The number of hydrogen-bond acceptors (Lipinski definition) is 5. The first kappa shape index (κ1) is 14.3. The number of carboxylic acid groups (broad SMARTS) is 1. The summed E-state index contributed by atoms with van der Waals surface area (Å²) >= 11 is 0. The maximum atomic E-state index is 11.1. The zero-order chi connectivity index (χ0) is 14.7. The van der Waals surface area contributed by atoms with Gasteiger partial charge in [0.25, 0.3) is 0 Å². The molecular weight excluding hydrogens is 262 g/mol. The summed E-state index contributed by atoms with van der Waals surface area (Å²) in [6, 6.07) is 3.37. The second-order valence-corrected chi connectivity index (χ2v) is 4.70. The van der Waals surface area contributed by atoms with Crippen LogP contribution in [0.3, 0.4) is 0 Å². The molecule has 2 rings (SSSR count). The molecule has 0 aliphatic carbocycles. The SMILES string of the molecule is COc1cc(C2CC(C(=O)O)CN2)cc(C=O)c1OC. The van der Waals surface area contributed by atoms with Crippen LogP contribution in [0.1, 0.15) is 28.4 Å². The summed E-state index contributed by atoms with van der Waals surface area (Å²) in [5, 5.41) is 12.2. The van der Waals surface area contributed by atoms with Crippen LogP contribution >= 0.6 is 0 Å². The minimum Gasteiger partial charge on any atom is -0.493 e. The Morgan fingerprint density at radius 1 is 1.40 bits per heavy atom. The number of rotatable bonds is 5. The van der Waals surface area contributed by atoms with Crippen molar-refractivity contribution in [2.45, 2.75) is 12.5 Å². The number of aliphatic carboxylic acids is 1. The van der Waals surface area contributed by atoms with E-state index in [2.05, 4.69) is 5.32 Å². The monoisotopic (exact) mass is 279 g/mol. The molecule has 1 aromatic carbocycles. The Morgan fingerprint density at radius 2 is 2.15 bits per heavy atom. The van der Waals surface area contributed by atoms with Crippen molar-refractivity contribution in [3.63, 3.8) is 0 Å². The Kier molecular flexibility index (Phi) is 4.24. The Balaban J connectivity index is 2.33. The van der Waals surface area contributed by atoms with Crippen LogP contribution in [0.2, 0.25) is 0 Å². The highest BCUT2D eigenvalue weighted by Crippen LogP contribution is 2.36. The molecule has 0 saturated carbocycles. The average molecular weight is 279 g/mol. The topological polar surface area (TPSA) is 84.9 Å². The molecule has 0 radical (unpaired) electrons. The number of ether oxygens (including phenoxy) is 2. The number of carbonyl (C=O) groups is 2. The molecule has 2 N–H and O–H groups in total. The van der Waals surface area contributed by atoms with E-state index in [9.17, 15) is 9.59 Å². The number of carboxylic acids is 1. The van der Waals surface area contributed by atoms with Gasteiger partial charge in [0, 0.05) is 12.6 Å². The second kappa shape index (κ2) is 5.92. The summed E-state index contributed by atoms with van der Waals surface area (Å²) in [6.45, 7) is 0.421. The highest BCUT2D eigenvalue weighted by Gasteiger charge is 2.31. The molecule has 20 heavy (non-hydrogen) atoms. The Hall–Kier alpha value is -2.08. The van der Waals surface area contributed by atoms with Crippen molar-refractivity contribution < 1.29 is 24.2 Å². The number of nitrogens with one attached hydrogen (secondary N) is 1. The summed E-state index contributed by atoms with van der Waals surface area (Å²) < 4.78 is 10.4. The predicted molar refractivity (Wildman–Crippen MR) is 71.4 cm³/mol. The van der Waals surface area contributed by atoms with E-state index in [0.29, 0.717) is 36.3 Å². The number of aldehydes is 1. The highest BCUT2D eigenvalue weighted by molar-refractivity contribution is 5.82. The molecule has 0 spiro atoms. The van der Waals surface area contributed by atoms with Crippen LogP contribution in [-0.2, 0) is 4.79 Å². The van der Waals surface area contributed by atoms with Gasteiger partial charge in [0.1, 0.15) is 0 Å². The van der Waals surface area contributed by atoms with Gasteiger partial charge < -0.3 is 19.9 Å². The van der Waals surface area contributed by atoms with E-state index < -0.39 is 11.9 Å². The average Bonchev–Trinajstić information content (AvgIpc) is 2.95. The van der Waals surface area contributed by atoms with Crippen LogP contribution in [0.15, 0.2) is 12.1 Å². The molecule has 1 aliphatic rings. The van der Waals surface area contributed by atoms with Crippen LogP contribution in [-0.4, -0.2) is 38.1 Å². The first-order valence-corrected chi connectivity index (χ1v) is 6.28. The third-order valence-corrected chi connectivity index (χ3v) is 3.54. The number of carbonyl (C=O) groups excluding carboxylic acids is 1. The van der Waals surface area contributed by atoms with Crippen molar-refractivity contribution in [1.82, 2.24) is 5.32 Å². The molecule has 6 nitrogen and oxygen atoms in total. The Labute approximate surface area is 116 Å². The molecule has 0 amide bonds. The maximum Gasteiger partial charge on any atom is 0.307 e. The van der Waals surface area contributed by atoms with Gasteiger partial charge in [-0.05, 0) is 24.1 Å². The first-order valence-electron chi connectivity index (χ1n) is 6.28. The summed E-state index contributed by atoms with van der Waals surface area (Å²) in [7, 11) is 2.97. The van der Waals surface area contributed by atoms with Crippen LogP contribution in [0, 0.1) is 5.92 Å². The fourth-order valence-electron chi connectivity index (χ4n) is 2.48. The lowest BCUT2D eigenvalue weighted by atomic mass is 9.98. The van der Waals surface area contributed by atoms with Crippen molar-refractivity contribution in [3.05, 3.63) is 23.3 Å². The van der Waals surface area contributed by atoms with Crippen LogP contribution < -0.4 is 14.8 Å². The molecule has 1 aromatic rings. The zero-order valence-corrected chi connectivity index (χ0v) is 11.4. The lowest BCUT2D eigenvalue weighted by molar-refractivity contribution is -0.141. The molecule has 1 heterocycles. The van der Waals surface area contributed by atoms with Gasteiger partial charge in [-0.15, -0.1) is 0 Å². The molecule has 1 fully saturated rings. The van der Waals surface area contributed by atoms with Crippen LogP contribution in [0.4, 0.5) is 0 Å². The van der Waals surface area contributed by atoms with Gasteiger partial charge >= 0.3 is 5.97 Å². The number of methoxy groups -OCH3 is 2. The maximum absolute atomic E-state index is 11.1. The quantitative estimate of drug-likeness (QED) is 0.789. The fourth-order valence-corrected chi connectivity index (χ4v) is 2.48. The van der Waals surface area contributed by atoms with E-state index in [1.165, 1.54) is 14.2 Å². The van der Waals surface area contributed by atoms with Crippen molar-refractivity contribution in [2.75, 3.05) is 20.8 Å². The summed E-state index contributed by atoms with van der Waals surface area (Å²) in [5.74, 6) is -0.365. The van der Waals surface area contributed by atoms with Gasteiger partial charge in [0.05, 0.1) is 25.7 Å². The van der Waals surface area contributed by atoms with Gasteiger partial charge in [0.15, 0.2) is 17.8 Å². The molecule has 0 aromatic heterocycles. The summed E-state index contributed by atoms with van der Waals surface area (Å²) in [4.78, 5) is 22.1. The Morgan fingerprint density at radius 3 is 2.65 bits per heavy atom. The van der Waals surface area contributed by atoms with Gasteiger partial charge in [0.2, 0.25) is 0 Å². The zero-order valence-electron chi connectivity index (χ0n) is 11.4. The highest BCUT2D eigenvalue weighted by atomic mass is 16.5. The van der Waals surface area contributed by atoms with E-state index in [4.69, 9.17) is 14.6 Å². The molecule has 1 aliphatic heterocycles. The number of benzene rings is 1. The van der Waals surface area contributed by atoms with Crippen molar-refractivity contribution >= 4 is 12.3 Å². The molecule has 108 valence electrons. The van der Waals surface area contributed by atoms with Crippen molar-refractivity contribution in [2.24, 2.45) is 5.92 Å². The van der Waals surface area contributed by atoms with Crippen LogP contribution in [0.25, 0.3) is 0 Å².